The first-order valence-electron chi connectivity index (χ1n) is 6.01. The number of hydrazine groups is 1. The maximum atomic E-state index is 11.4. The molecule has 19 heavy (non-hydrogen) atoms. The van der Waals surface area contributed by atoms with E-state index in [1.54, 1.807) is 19.1 Å². The molecule has 0 fully saturated rings. The fourth-order valence-corrected chi connectivity index (χ4v) is 3.10. The molecule has 0 bridgehead atoms. The Morgan fingerprint density at radius 1 is 1.37 bits per heavy atom. The normalized spacial score (nSPS) is 13.5. The maximum absolute atomic E-state index is 11.4. The highest BCUT2D eigenvalue weighted by Gasteiger charge is 2.16. The average molecular weight is 325 g/mol. The van der Waals surface area contributed by atoms with Crippen LogP contribution in [0.5, 0.6) is 0 Å². The molecule has 4 nitrogen and oxygen atoms in total. The topological polar surface area (TPSA) is 72.2 Å². The summed E-state index contributed by atoms with van der Waals surface area (Å²) in [7, 11) is -2.95. The molecule has 0 radical (unpaired) electrons. The second-order valence-corrected chi connectivity index (χ2v) is 7.50. The van der Waals surface area contributed by atoms with Gasteiger partial charge in [0.1, 0.15) is 9.84 Å². The molecule has 7 heteroatoms. The van der Waals surface area contributed by atoms with Crippen molar-refractivity contribution < 1.29 is 8.42 Å². The van der Waals surface area contributed by atoms with Gasteiger partial charge in [-0.2, -0.15) is 0 Å². The minimum atomic E-state index is -2.95. The van der Waals surface area contributed by atoms with Gasteiger partial charge in [0.05, 0.1) is 15.8 Å². The molecule has 3 N–H and O–H groups in total. The summed E-state index contributed by atoms with van der Waals surface area (Å²) in [6.45, 7) is 1.64. The van der Waals surface area contributed by atoms with Crippen LogP contribution in [0.4, 0.5) is 0 Å². The molecular weight excluding hydrogens is 307 g/mol. The number of nitrogens with one attached hydrogen (secondary N) is 1. The lowest BCUT2D eigenvalue weighted by molar-refractivity contribution is 0.507. The van der Waals surface area contributed by atoms with E-state index in [-0.39, 0.29) is 17.5 Å². The number of sulfone groups is 1. The largest absolute Gasteiger partial charge is 0.271 e. The molecule has 0 aliphatic carbocycles. The first-order chi connectivity index (χ1) is 8.91. The molecule has 0 heterocycles. The van der Waals surface area contributed by atoms with Crippen molar-refractivity contribution in [2.45, 2.75) is 25.8 Å². The van der Waals surface area contributed by atoms with Crippen LogP contribution in [-0.2, 0) is 9.84 Å². The smallest absolute Gasteiger partial charge is 0.150 e. The Morgan fingerprint density at radius 2 is 2.05 bits per heavy atom. The molecule has 0 amide bonds. The van der Waals surface area contributed by atoms with Gasteiger partial charge in [-0.3, -0.25) is 11.3 Å². The molecule has 1 rings (SSSR count). The molecule has 0 aromatic heterocycles. The van der Waals surface area contributed by atoms with Gasteiger partial charge >= 0.3 is 0 Å². The van der Waals surface area contributed by atoms with Crippen molar-refractivity contribution >= 4 is 33.0 Å². The maximum Gasteiger partial charge on any atom is 0.150 e. The number of hydrogen-bond donors (Lipinski definition) is 2. The van der Waals surface area contributed by atoms with E-state index in [4.69, 9.17) is 29.0 Å². The van der Waals surface area contributed by atoms with Crippen molar-refractivity contribution in [1.29, 1.82) is 0 Å². The van der Waals surface area contributed by atoms with Crippen molar-refractivity contribution in [2.75, 3.05) is 11.5 Å². The summed E-state index contributed by atoms with van der Waals surface area (Å²) in [4.78, 5) is 0. The standard InChI is InChI=1S/C12H18Cl2N2O2S/c1-2-19(17,18)8-4-7-11(16-15)9-5-3-6-10(13)12(9)14/h3,5-6,11,16H,2,4,7-8,15H2,1H3. The third-order valence-electron chi connectivity index (χ3n) is 2.95. The lowest BCUT2D eigenvalue weighted by Gasteiger charge is -2.18. The molecule has 1 aromatic carbocycles. The Bertz CT molecular complexity index is 520. The Hall–Kier alpha value is -0.330. The molecule has 0 saturated heterocycles. The van der Waals surface area contributed by atoms with Crippen LogP contribution < -0.4 is 11.3 Å². The third-order valence-corrected chi connectivity index (χ3v) is 5.57. The number of benzene rings is 1. The van der Waals surface area contributed by atoms with E-state index >= 15 is 0 Å². The molecular formula is C12H18Cl2N2O2S. The highest BCUT2D eigenvalue weighted by Crippen LogP contribution is 2.31. The number of nitrogens with two attached hydrogens (primary N) is 1. The van der Waals surface area contributed by atoms with E-state index in [9.17, 15) is 8.42 Å². The van der Waals surface area contributed by atoms with E-state index in [1.807, 2.05) is 6.07 Å². The van der Waals surface area contributed by atoms with Crippen molar-refractivity contribution in [3.05, 3.63) is 33.8 Å². The van der Waals surface area contributed by atoms with Crippen LogP contribution >= 0.6 is 23.2 Å². The Balaban J connectivity index is 2.71. The van der Waals surface area contributed by atoms with Gasteiger partial charge < -0.3 is 0 Å². The summed E-state index contributed by atoms with van der Waals surface area (Å²) in [6, 6.07) is 5.10. The van der Waals surface area contributed by atoms with Crippen LogP contribution in [-0.4, -0.2) is 19.9 Å². The summed E-state index contributed by atoms with van der Waals surface area (Å²) in [5, 5.41) is 0.908. The van der Waals surface area contributed by atoms with E-state index in [2.05, 4.69) is 5.43 Å². The fourth-order valence-electron chi connectivity index (χ4n) is 1.77. The predicted molar refractivity (Wildman–Crippen MR) is 80.1 cm³/mol. The predicted octanol–water partition coefficient (Wildman–Crippen LogP) is 2.71. The third kappa shape index (κ3) is 4.93. The van der Waals surface area contributed by atoms with Crippen molar-refractivity contribution in [1.82, 2.24) is 5.43 Å². The van der Waals surface area contributed by atoms with Gasteiger partial charge in [0, 0.05) is 11.8 Å². The second kappa shape index (κ2) is 7.45. The zero-order valence-corrected chi connectivity index (χ0v) is 13.0. The van der Waals surface area contributed by atoms with E-state index in [0.717, 1.165) is 5.56 Å². The van der Waals surface area contributed by atoms with Crippen molar-refractivity contribution in [3.8, 4) is 0 Å². The molecule has 1 unspecified atom stereocenters. The van der Waals surface area contributed by atoms with Gasteiger partial charge in [-0.05, 0) is 24.5 Å². The summed E-state index contributed by atoms with van der Waals surface area (Å²) in [5.74, 6) is 5.82. The SMILES string of the molecule is CCS(=O)(=O)CCCC(NN)c1cccc(Cl)c1Cl. The fraction of sp³-hybridized carbons (Fsp3) is 0.500. The van der Waals surface area contributed by atoms with Crippen LogP contribution in [0.1, 0.15) is 31.4 Å². The van der Waals surface area contributed by atoms with E-state index < -0.39 is 9.84 Å². The average Bonchev–Trinajstić information content (AvgIpc) is 2.38. The Kier molecular flexibility index (Phi) is 6.56. The van der Waals surface area contributed by atoms with E-state index in [1.165, 1.54) is 0 Å². The van der Waals surface area contributed by atoms with Gasteiger partial charge in [-0.1, -0.05) is 42.3 Å². The molecule has 0 aliphatic heterocycles. The highest BCUT2D eigenvalue weighted by molar-refractivity contribution is 7.91. The van der Waals surface area contributed by atoms with Gasteiger partial charge in [-0.15, -0.1) is 0 Å². The molecule has 108 valence electrons. The van der Waals surface area contributed by atoms with Crippen molar-refractivity contribution in [3.63, 3.8) is 0 Å². The van der Waals surface area contributed by atoms with Crippen LogP contribution in [0.2, 0.25) is 10.0 Å². The van der Waals surface area contributed by atoms with Crippen LogP contribution in [0.15, 0.2) is 18.2 Å². The summed E-state index contributed by atoms with van der Waals surface area (Å²) in [5.41, 5.74) is 3.44. The second-order valence-electron chi connectivity index (χ2n) is 4.24. The van der Waals surface area contributed by atoms with Gasteiger partial charge in [0.2, 0.25) is 0 Å². The first-order valence-corrected chi connectivity index (χ1v) is 8.59. The van der Waals surface area contributed by atoms with E-state index in [0.29, 0.717) is 22.9 Å². The van der Waals surface area contributed by atoms with Gasteiger partial charge in [0.25, 0.3) is 0 Å². The highest BCUT2D eigenvalue weighted by atomic mass is 35.5. The summed E-state index contributed by atoms with van der Waals surface area (Å²) < 4.78 is 22.9. The molecule has 1 atom stereocenters. The lowest BCUT2D eigenvalue weighted by atomic mass is 10.0. The molecule has 1 aromatic rings. The van der Waals surface area contributed by atoms with Gasteiger partial charge in [-0.25, -0.2) is 8.42 Å². The van der Waals surface area contributed by atoms with Crippen LogP contribution in [0, 0.1) is 0 Å². The van der Waals surface area contributed by atoms with Crippen LogP contribution in [0.3, 0.4) is 0 Å². The quantitative estimate of drug-likeness (QED) is 0.597. The number of hydrogen-bond acceptors (Lipinski definition) is 4. The molecule has 0 aliphatic rings. The number of halogens is 2. The Morgan fingerprint density at radius 3 is 2.63 bits per heavy atom. The monoisotopic (exact) mass is 324 g/mol. The molecule has 0 spiro atoms. The minimum Gasteiger partial charge on any atom is -0.271 e. The summed E-state index contributed by atoms with van der Waals surface area (Å²) >= 11 is 12.1. The zero-order valence-electron chi connectivity index (χ0n) is 10.7. The Labute approximate surface area is 124 Å². The number of rotatable bonds is 7. The zero-order chi connectivity index (χ0) is 14.5. The lowest BCUT2D eigenvalue weighted by Crippen LogP contribution is -2.28. The minimum absolute atomic E-state index is 0.153. The van der Waals surface area contributed by atoms with Gasteiger partial charge in [0.15, 0.2) is 0 Å². The molecule has 0 saturated carbocycles. The summed E-state index contributed by atoms with van der Waals surface area (Å²) in [6.07, 6.45) is 1.10. The van der Waals surface area contributed by atoms with Crippen LogP contribution in [0.25, 0.3) is 0 Å². The van der Waals surface area contributed by atoms with Crippen molar-refractivity contribution in [2.24, 2.45) is 5.84 Å². The first kappa shape index (κ1) is 16.7.